The number of nitrogens with one attached hydrogen (secondary N) is 1. The van der Waals surface area contributed by atoms with Crippen LogP contribution in [0.4, 0.5) is 0 Å². The zero-order chi connectivity index (χ0) is 18.2. The number of nitrogens with zero attached hydrogens (tertiary/aromatic N) is 1. The predicted octanol–water partition coefficient (Wildman–Crippen LogP) is 2.68. The van der Waals surface area contributed by atoms with Gasteiger partial charge >= 0.3 is 10.1 Å². The summed E-state index contributed by atoms with van der Waals surface area (Å²) in [6.07, 6.45) is 4.22. The topological polar surface area (TPSA) is 85.4 Å². The van der Waals surface area contributed by atoms with Gasteiger partial charge in [-0.05, 0) is 30.7 Å². The lowest BCUT2D eigenvalue weighted by Crippen LogP contribution is -2.24. The van der Waals surface area contributed by atoms with Gasteiger partial charge < -0.3 is 9.50 Å². The van der Waals surface area contributed by atoms with E-state index >= 15 is 0 Å². The van der Waals surface area contributed by atoms with Gasteiger partial charge in [0.05, 0.1) is 11.8 Å². The fourth-order valence-corrected chi connectivity index (χ4v) is 2.31. The molecule has 1 aromatic carbocycles. The van der Waals surface area contributed by atoms with Crippen LogP contribution in [0.15, 0.2) is 42.7 Å². The Hall–Kier alpha value is -2.41. The zero-order valence-corrected chi connectivity index (χ0v) is 15.1. The van der Waals surface area contributed by atoms with Crippen LogP contribution in [0.5, 0.6) is 5.75 Å². The van der Waals surface area contributed by atoms with E-state index in [2.05, 4.69) is 10.3 Å². The quantitative estimate of drug-likeness (QED) is 0.838. The third-order valence-electron chi connectivity index (χ3n) is 2.80. The highest BCUT2D eigenvalue weighted by atomic mass is 32.2. The van der Waals surface area contributed by atoms with Crippen LogP contribution in [0.2, 0.25) is 0 Å². The van der Waals surface area contributed by atoms with Crippen LogP contribution in [-0.2, 0) is 16.7 Å². The van der Waals surface area contributed by atoms with Crippen molar-refractivity contribution < 1.29 is 17.4 Å². The van der Waals surface area contributed by atoms with Crippen LogP contribution in [-0.4, -0.2) is 25.6 Å². The Morgan fingerprint density at radius 3 is 2.54 bits per heavy atom. The third kappa shape index (κ3) is 6.37. The molecule has 0 aliphatic heterocycles. The summed E-state index contributed by atoms with van der Waals surface area (Å²) in [5.41, 5.74) is 1.84. The number of aromatic nitrogens is 1. The summed E-state index contributed by atoms with van der Waals surface area (Å²) in [5, 5.41) is 2.71. The third-order valence-corrected chi connectivity index (χ3v) is 3.28. The van der Waals surface area contributed by atoms with Gasteiger partial charge in [-0.3, -0.25) is 9.78 Å². The van der Waals surface area contributed by atoms with Crippen molar-refractivity contribution in [1.29, 1.82) is 0 Å². The highest BCUT2D eigenvalue weighted by Crippen LogP contribution is 2.21. The number of hydrogen-bond acceptors (Lipinski definition) is 5. The summed E-state index contributed by atoms with van der Waals surface area (Å²) in [6.45, 7) is 6.10. The Bertz CT molecular complexity index is 774. The lowest BCUT2D eigenvalue weighted by molar-refractivity contribution is 0.0949. The molecule has 2 aromatic rings. The minimum absolute atomic E-state index is 0.0109. The molecule has 0 atom stereocenters. The van der Waals surface area contributed by atoms with E-state index in [0.29, 0.717) is 6.54 Å². The fourth-order valence-electron chi connectivity index (χ4n) is 1.84. The van der Waals surface area contributed by atoms with Gasteiger partial charge in [0, 0.05) is 18.9 Å². The Morgan fingerprint density at radius 1 is 1.25 bits per heavy atom. The van der Waals surface area contributed by atoms with Crippen molar-refractivity contribution in [3.05, 3.63) is 59.4 Å². The predicted molar refractivity (Wildman–Crippen MR) is 93.4 cm³/mol. The second kappa shape index (κ2) is 9.02. The van der Waals surface area contributed by atoms with Gasteiger partial charge in [0.15, 0.2) is 5.75 Å². The largest absolute Gasteiger partial charge is 0.382 e. The number of hydrogen-bond donors (Lipinski definition) is 1. The SMILES string of the molecule is CC.Cc1ccc(OS(C)(=O)=O)c(C(=O)NCc2cccnc2)c1. The Morgan fingerprint density at radius 2 is 1.96 bits per heavy atom. The summed E-state index contributed by atoms with van der Waals surface area (Å²) < 4.78 is 27.4. The average Bonchev–Trinajstić information content (AvgIpc) is 2.56. The number of pyridine rings is 1. The molecule has 0 saturated heterocycles. The van der Waals surface area contributed by atoms with Gasteiger partial charge in [-0.2, -0.15) is 8.42 Å². The van der Waals surface area contributed by atoms with E-state index in [4.69, 9.17) is 4.18 Å². The van der Waals surface area contributed by atoms with Crippen molar-refractivity contribution in [3.8, 4) is 5.75 Å². The van der Waals surface area contributed by atoms with Crippen molar-refractivity contribution in [3.63, 3.8) is 0 Å². The molecule has 0 bridgehead atoms. The maximum atomic E-state index is 12.3. The average molecular weight is 350 g/mol. The van der Waals surface area contributed by atoms with Crippen molar-refractivity contribution in [2.24, 2.45) is 0 Å². The molecule has 1 amide bonds. The van der Waals surface area contributed by atoms with Crippen LogP contribution in [0.1, 0.15) is 35.3 Å². The van der Waals surface area contributed by atoms with Gasteiger partial charge in [0.1, 0.15) is 0 Å². The van der Waals surface area contributed by atoms with Crippen molar-refractivity contribution in [2.45, 2.75) is 27.3 Å². The van der Waals surface area contributed by atoms with E-state index in [1.165, 1.54) is 6.07 Å². The van der Waals surface area contributed by atoms with E-state index in [1.54, 1.807) is 30.6 Å². The molecule has 0 aliphatic rings. The number of rotatable bonds is 5. The van der Waals surface area contributed by atoms with Crippen molar-refractivity contribution in [1.82, 2.24) is 10.3 Å². The van der Waals surface area contributed by atoms with Crippen LogP contribution in [0, 0.1) is 6.92 Å². The number of benzene rings is 1. The van der Waals surface area contributed by atoms with Gasteiger partial charge in [0.2, 0.25) is 0 Å². The number of aryl methyl sites for hydroxylation is 1. The van der Waals surface area contributed by atoms with Gasteiger partial charge in [-0.1, -0.05) is 31.5 Å². The van der Waals surface area contributed by atoms with Crippen LogP contribution in [0.25, 0.3) is 0 Å². The minimum Gasteiger partial charge on any atom is -0.382 e. The van der Waals surface area contributed by atoms with Crippen LogP contribution in [0.3, 0.4) is 0 Å². The van der Waals surface area contributed by atoms with Crippen LogP contribution >= 0.6 is 0 Å². The molecule has 0 fully saturated rings. The van der Waals surface area contributed by atoms with Gasteiger partial charge in [0.25, 0.3) is 5.91 Å². The molecule has 0 spiro atoms. The highest BCUT2D eigenvalue weighted by Gasteiger charge is 2.16. The molecule has 6 nitrogen and oxygen atoms in total. The van der Waals surface area contributed by atoms with E-state index in [-0.39, 0.29) is 11.3 Å². The van der Waals surface area contributed by atoms with Gasteiger partial charge in [-0.25, -0.2) is 0 Å². The van der Waals surface area contributed by atoms with Crippen molar-refractivity contribution >= 4 is 16.0 Å². The summed E-state index contributed by atoms with van der Waals surface area (Å²) in [4.78, 5) is 16.2. The van der Waals surface area contributed by atoms with Crippen LogP contribution < -0.4 is 9.50 Å². The van der Waals surface area contributed by atoms with Crippen molar-refractivity contribution in [2.75, 3.05) is 6.26 Å². The molecular weight excluding hydrogens is 328 g/mol. The molecule has 130 valence electrons. The summed E-state index contributed by atoms with van der Waals surface area (Å²) >= 11 is 0. The molecular formula is C17H22N2O4S. The molecule has 0 saturated carbocycles. The molecule has 2 rings (SSSR count). The monoisotopic (exact) mass is 350 g/mol. The summed E-state index contributed by atoms with van der Waals surface area (Å²) in [5.74, 6) is -0.400. The number of amides is 1. The molecule has 1 N–H and O–H groups in total. The maximum absolute atomic E-state index is 12.3. The first kappa shape index (κ1) is 19.6. The molecule has 1 heterocycles. The fraction of sp³-hybridized carbons (Fsp3) is 0.294. The normalized spacial score (nSPS) is 10.3. The first-order valence-corrected chi connectivity index (χ1v) is 9.34. The van der Waals surface area contributed by atoms with E-state index in [9.17, 15) is 13.2 Å². The first-order valence-electron chi connectivity index (χ1n) is 7.52. The first-order chi connectivity index (χ1) is 11.3. The molecule has 0 radical (unpaired) electrons. The molecule has 24 heavy (non-hydrogen) atoms. The Kier molecular flexibility index (Phi) is 7.38. The van der Waals surface area contributed by atoms with Gasteiger partial charge in [-0.15, -0.1) is 0 Å². The Labute approximate surface area is 143 Å². The molecule has 0 unspecified atom stereocenters. The summed E-state index contributed by atoms with van der Waals surface area (Å²) in [6, 6.07) is 8.33. The Balaban J connectivity index is 0.00000139. The molecule has 1 aromatic heterocycles. The lowest BCUT2D eigenvalue weighted by Gasteiger charge is -2.11. The lowest BCUT2D eigenvalue weighted by atomic mass is 10.1. The number of carbonyl (C=O) groups excluding carboxylic acids is 1. The maximum Gasteiger partial charge on any atom is 0.306 e. The van der Waals surface area contributed by atoms with E-state index < -0.39 is 16.0 Å². The smallest absolute Gasteiger partial charge is 0.306 e. The zero-order valence-electron chi connectivity index (χ0n) is 14.2. The highest BCUT2D eigenvalue weighted by molar-refractivity contribution is 7.86. The molecule has 7 heteroatoms. The molecule has 0 aliphatic carbocycles. The number of carbonyl (C=O) groups is 1. The second-order valence-electron chi connectivity index (χ2n) is 4.83. The minimum atomic E-state index is -3.70. The standard InChI is InChI=1S/C15H16N2O4S.C2H6/c1-11-5-6-14(21-22(2,19)20)13(8-11)15(18)17-10-12-4-3-7-16-9-12;1-2/h3-9H,10H2,1-2H3,(H,17,18);1-2H3. The summed E-state index contributed by atoms with van der Waals surface area (Å²) in [7, 11) is -3.70. The van der Waals surface area contributed by atoms with E-state index in [0.717, 1.165) is 17.4 Å². The second-order valence-corrected chi connectivity index (χ2v) is 6.41. The van der Waals surface area contributed by atoms with E-state index in [1.807, 2.05) is 26.8 Å².